The molecule has 0 saturated carbocycles. The van der Waals surface area contributed by atoms with Crippen LogP contribution in [0.5, 0.6) is 5.75 Å². The van der Waals surface area contributed by atoms with Gasteiger partial charge in [0.25, 0.3) is 5.91 Å². The lowest BCUT2D eigenvalue weighted by molar-refractivity contribution is -0.139. The first-order chi connectivity index (χ1) is 11.6. The predicted octanol–water partition coefficient (Wildman–Crippen LogP) is 1.89. The molecule has 120 valence electrons. The smallest absolute Gasteiger partial charge is 0.330 e. The van der Waals surface area contributed by atoms with Crippen molar-refractivity contribution in [2.24, 2.45) is 0 Å². The summed E-state index contributed by atoms with van der Waals surface area (Å²) in [6.45, 7) is 0. The summed E-state index contributed by atoms with van der Waals surface area (Å²) in [7, 11) is 0. The number of rotatable bonds is 4. The number of nitrogens with one attached hydrogen (secondary N) is 1. The zero-order valence-corrected chi connectivity index (χ0v) is 12.4. The molecule has 0 aliphatic heterocycles. The van der Waals surface area contributed by atoms with Gasteiger partial charge in [-0.15, -0.1) is 0 Å². The molecule has 1 amide bonds. The van der Waals surface area contributed by atoms with E-state index in [4.69, 9.17) is 0 Å². The second-order valence-electron chi connectivity index (χ2n) is 5.05. The first-order valence-electron chi connectivity index (χ1n) is 7.09. The van der Waals surface area contributed by atoms with E-state index in [1.54, 1.807) is 42.5 Å². The van der Waals surface area contributed by atoms with E-state index in [1.807, 2.05) is 0 Å². The van der Waals surface area contributed by atoms with Gasteiger partial charge in [0.05, 0.1) is 0 Å². The Hall–Kier alpha value is -3.48. The molecule has 2 aromatic heterocycles. The third-order valence-electron chi connectivity index (χ3n) is 3.49. The van der Waals surface area contributed by atoms with E-state index in [0.29, 0.717) is 10.9 Å². The van der Waals surface area contributed by atoms with E-state index in [9.17, 15) is 19.8 Å². The number of aromatic nitrogens is 2. The number of fused-ring (bicyclic) bond motifs is 1. The molecule has 0 fully saturated rings. The number of benzene rings is 1. The molecule has 3 aromatic rings. The van der Waals surface area contributed by atoms with Gasteiger partial charge in [-0.2, -0.15) is 0 Å². The molecule has 0 spiro atoms. The van der Waals surface area contributed by atoms with Crippen LogP contribution in [0.15, 0.2) is 54.9 Å². The predicted molar refractivity (Wildman–Crippen MR) is 85.5 cm³/mol. The molecule has 0 unspecified atom stereocenters. The number of aromatic hydroxyl groups is 1. The minimum absolute atomic E-state index is 0.226. The second kappa shape index (κ2) is 6.33. The van der Waals surface area contributed by atoms with Crippen molar-refractivity contribution in [3.63, 3.8) is 0 Å². The maximum Gasteiger partial charge on any atom is 0.330 e. The first-order valence-corrected chi connectivity index (χ1v) is 7.09. The van der Waals surface area contributed by atoms with E-state index in [2.05, 4.69) is 15.3 Å². The van der Waals surface area contributed by atoms with Crippen molar-refractivity contribution in [1.29, 1.82) is 0 Å². The van der Waals surface area contributed by atoms with Crippen molar-refractivity contribution >= 4 is 22.8 Å². The van der Waals surface area contributed by atoms with E-state index in [-0.39, 0.29) is 17.0 Å². The molecule has 7 heteroatoms. The van der Waals surface area contributed by atoms with E-state index >= 15 is 0 Å². The van der Waals surface area contributed by atoms with Gasteiger partial charge < -0.3 is 15.5 Å². The summed E-state index contributed by atoms with van der Waals surface area (Å²) in [4.78, 5) is 31.8. The standard InChI is InChI=1S/C17H13N3O4/c21-15-12-11(7-4-8-18-12)9-19-14(15)16(22)20-13(17(23)24)10-5-2-1-3-6-10/h1-9,13,21H,(H,20,22)(H,23,24)/t13-/m1/s1. The van der Waals surface area contributed by atoms with Crippen LogP contribution in [0, 0.1) is 0 Å². The van der Waals surface area contributed by atoms with Crippen LogP contribution in [-0.4, -0.2) is 32.1 Å². The zero-order chi connectivity index (χ0) is 17.1. The number of aliphatic carboxylic acids is 1. The minimum atomic E-state index is -1.25. The van der Waals surface area contributed by atoms with Crippen LogP contribution in [0.3, 0.4) is 0 Å². The number of nitrogens with zero attached hydrogens (tertiary/aromatic N) is 2. The first kappa shape index (κ1) is 15.4. The quantitative estimate of drug-likeness (QED) is 0.676. The van der Waals surface area contributed by atoms with E-state index in [0.717, 1.165) is 0 Å². The molecule has 3 N–H and O–H groups in total. The van der Waals surface area contributed by atoms with Crippen LogP contribution in [0.2, 0.25) is 0 Å². The molecule has 0 radical (unpaired) electrons. The van der Waals surface area contributed by atoms with Crippen molar-refractivity contribution in [3.05, 3.63) is 66.1 Å². The van der Waals surface area contributed by atoms with Crippen molar-refractivity contribution in [1.82, 2.24) is 15.3 Å². The molecule has 24 heavy (non-hydrogen) atoms. The summed E-state index contributed by atoms with van der Waals surface area (Å²) in [5, 5.41) is 22.5. The number of hydrogen-bond donors (Lipinski definition) is 3. The van der Waals surface area contributed by atoms with Crippen molar-refractivity contribution in [2.75, 3.05) is 0 Å². The van der Waals surface area contributed by atoms with Crippen LogP contribution < -0.4 is 5.32 Å². The number of amides is 1. The van der Waals surface area contributed by atoms with Crippen LogP contribution >= 0.6 is 0 Å². The molecule has 0 saturated heterocycles. The Morgan fingerprint density at radius 1 is 1.04 bits per heavy atom. The molecule has 7 nitrogen and oxygen atoms in total. The topological polar surface area (TPSA) is 112 Å². The summed E-state index contributed by atoms with van der Waals surface area (Å²) < 4.78 is 0. The SMILES string of the molecule is O=C(N[C@@H](C(=O)O)c1ccccc1)c1ncc2cccnc2c1O. The Kier molecular flexibility index (Phi) is 4.07. The van der Waals surface area contributed by atoms with Gasteiger partial charge in [-0.05, 0) is 17.7 Å². The highest BCUT2D eigenvalue weighted by molar-refractivity contribution is 6.01. The Morgan fingerprint density at radius 3 is 2.50 bits per heavy atom. The molecule has 0 aliphatic carbocycles. The number of carbonyl (C=O) groups is 2. The van der Waals surface area contributed by atoms with Crippen LogP contribution in [0.25, 0.3) is 10.9 Å². The van der Waals surface area contributed by atoms with Crippen molar-refractivity contribution in [2.45, 2.75) is 6.04 Å². The van der Waals surface area contributed by atoms with Gasteiger partial charge in [-0.3, -0.25) is 9.78 Å². The van der Waals surface area contributed by atoms with Crippen LogP contribution in [0.1, 0.15) is 22.1 Å². The number of carboxylic acid groups (broad SMARTS) is 1. The van der Waals surface area contributed by atoms with Crippen LogP contribution in [-0.2, 0) is 4.79 Å². The Labute approximate surface area is 136 Å². The lowest BCUT2D eigenvalue weighted by Gasteiger charge is -2.15. The molecule has 2 heterocycles. The second-order valence-corrected chi connectivity index (χ2v) is 5.05. The third-order valence-corrected chi connectivity index (χ3v) is 3.49. The average Bonchev–Trinajstić information content (AvgIpc) is 2.60. The average molecular weight is 323 g/mol. The Morgan fingerprint density at radius 2 is 1.79 bits per heavy atom. The number of hydrogen-bond acceptors (Lipinski definition) is 5. The Balaban J connectivity index is 1.94. The highest BCUT2D eigenvalue weighted by Crippen LogP contribution is 2.25. The van der Waals surface area contributed by atoms with Gasteiger partial charge in [0.2, 0.25) is 0 Å². The van der Waals surface area contributed by atoms with Gasteiger partial charge >= 0.3 is 5.97 Å². The van der Waals surface area contributed by atoms with Gasteiger partial charge in [0.1, 0.15) is 5.52 Å². The molecule has 1 atom stereocenters. The highest BCUT2D eigenvalue weighted by atomic mass is 16.4. The fourth-order valence-electron chi connectivity index (χ4n) is 2.33. The summed E-state index contributed by atoms with van der Waals surface area (Å²) in [6, 6.07) is 10.4. The zero-order valence-electron chi connectivity index (χ0n) is 12.4. The van der Waals surface area contributed by atoms with Gasteiger partial charge in [0, 0.05) is 17.8 Å². The monoisotopic (exact) mass is 323 g/mol. The fourth-order valence-corrected chi connectivity index (χ4v) is 2.33. The summed E-state index contributed by atoms with van der Waals surface area (Å²) in [5.74, 6) is -2.40. The summed E-state index contributed by atoms with van der Waals surface area (Å²) in [5.41, 5.74) is 0.365. The maximum absolute atomic E-state index is 12.4. The summed E-state index contributed by atoms with van der Waals surface area (Å²) >= 11 is 0. The summed E-state index contributed by atoms with van der Waals surface area (Å²) in [6.07, 6.45) is 2.88. The molecule has 0 aliphatic rings. The molecule has 0 bridgehead atoms. The number of pyridine rings is 2. The molecular weight excluding hydrogens is 310 g/mol. The van der Waals surface area contributed by atoms with E-state index < -0.39 is 17.9 Å². The largest absolute Gasteiger partial charge is 0.504 e. The third kappa shape index (κ3) is 2.87. The maximum atomic E-state index is 12.4. The fraction of sp³-hybridized carbons (Fsp3) is 0.0588. The highest BCUT2D eigenvalue weighted by Gasteiger charge is 2.25. The van der Waals surface area contributed by atoms with Crippen molar-refractivity contribution < 1.29 is 19.8 Å². The molecule has 3 rings (SSSR count). The number of carbonyl (C=O) groups excluding carboxylic acids is 1. The van der Waals surface area contributed by atoms with Gasteiger partial charge in [0.15, 0.2) is 17.5 Å². The van der Waals surface area contributed by atoms with Gasteiger partial charge in [-0.25, -0.2) is 9.78 Å². The minimum Gasteiger partial charge on any atom is -0.504 e. The van der Waals surface area contributed by atoms with E-state index in [1.165, 1.54) is 12.4 Å². The van der Waals surface area contributed by atoms with Gasteiger partial charge in [-0.1, -0.05) is 30.3 Å². The normalized spacial score (nSPS) is 11.8. The molecule has 1 aromatic carbocycles. The molecular formula is C17H13N3O4. The lowest BCUT2D eigenvalue weighted by atomic mass is 10.1. The Bertz CT molecular complexity index is 912. The van der Waals surface area contributed by atoms with Crippen LogP contribution in [0.4, 0.5) is 0 Å². The lowest BCUT2D eigenvalue weighted by Crippen LogP contribution is -2.34. The number of carboxylic acids is 1. The van der Waals surface area contributed by atoms with Crippen molar-refractivity contribution in [3.8, 4) is 5.75 Å².